The van der Waals surface area contributed by atoms with Crippen LogP contribution in [-0.4, -0.2) is 55.5 Å². The van der Waals surface area contributed by atoms with E-state index in [0.29, 0.717) is 31.7 Å². The van der Waals surface area contributed by atoms with Crippen molar-refractivity contribution in [2.75, 3.05) is 36.8 Å². The molecule has 8 heteroatoms. The molecule has 1 saturated heterocycles. The molecule has 0 bridgehead atoms. The number of benzene rings is 1. The van der Waals surface area contributed by atoms with Crippen molar-refractivity contribution in [2.45, 2.75) is 0 Å². The summed E-state index contributed by atoms with van der Waals surface area (Å²) in [5.74, 6) is 4.16. The van der Waals surface area contributed by atoms with Crippen molar-refractivity contribution in [1.29, 1.82) is 0 Å². The maximum absolute atomic E-state index is 12.8. The summed E-state index contributed by atoms with van der Waals surface area (Å²) >= 11 is 0. The molecule has 3 rings (SSSR count). The summed E-state index contributed by atoms with van der Waals surface area (Å²) in [6, 6.07) is 14.7. The van der Waals surface area contributed by atoms with Crippen LogP contribution >= 0.6 is 0 Å². The van der Waals surface area contributed by atoms with Gasteiger partial charge in [0.1, 0.15) is 11.7 Å². The van der Waals surface area contributed by atoms with Crippen LogP contribution in [0.1, 0.15) is 5.56 Å². The zero-order chi connectivity index (χ0) is 20.0. The van der Waals surface area contributed by atoms with E-state index in [1.54, 1.807) is 18.3 Å². The van der Waals surface area contributed by atoms with E-state index in [-0.39, 0.29) is 0 Å². The zero-order valence-electron chi connectivity index (χ0n) is 15.4. The highest BCUT2D eigenvalue weighted by Crippen LogP contribution is 2.16. The summed E-state index contributed by atoms with van der Waals surface area (Å²) in [6.45, 7) is 1.73. The van der Waals surface area contributed by atoms with Gasteiger partial charge in [-0.05, 0) is 24.3 Å². The van der Waals surface area contributed by atoms with Gasteiger partial charge in [0, 0.05) is 37.9 Å². The number of pyridine rings is 1. The minimum absolute atomic E-state index is 0.330. The highest BCUT2D eigenvalue weighted by Gasteiger charge is 2.31. The maximum atomic E-state index is 12.8. The Morgan fingerprint density at radius 3 is 2.36 bits per heavy atom. The zero-order valence-corrected chi connectivity index (χ0v) is 16.2. The molecule has 2 N–H and O–H groups in total. The van der Waals surface area contributed by atoms with E-state index >= 15 is 0 Å². The molecule has 2 aromatic rings. The number of carbonyl (C=O) groups is 1. The van der Waals surface area contributed by atoms with Crippen LogP contribution < -0.4 is 10.6 Å². The first-order valence-corrected chi connectivity index (χ1v) is 10.6. The molecule has 28 heavy (non-hydrogen) atoms. The lowest BCUT2D eigenvalue weighted by molar-refractivity contribution is -0.119. The van der Waals surface area contributed by atoms with Gasteiger partial charge in [0.15, 0.2) is 0 Å². The molecule has 1 atom stereocenters. The molecular weight excluding hydrogens is 376 g/mol. The number of amides is 1. The van der Waals surface area contributed by atoms with E-state index in [4.69, 9.17) is 5.73 Å². The molecule has 0 radical (unpaired) electrons. The number of rotatable bonds is 5. The molecule has 1 unspecified atom stereocenters. The molecule has 0 aliphatic carbocycles. The first-order chi connectivity index (χ1) is 13.5. The third-order valence-electron chi connectivity index (χ3n) is 4.49. The fraction of sp³-hybridized carbons (Fsp3) is 0.300. The summed E-state index contributed by atoms with van der Waals surface area (Å²) in [5, 5.41) is 0. The van der Waals surface area contributed by atoms with Crippen molar-refractivity contribution in [2.24, 2.45) is 11.7 Å². The minimum Gasteiger partial charge on any atom is -0.369 e. The maximum Gasteiger partial charge on any atom is 0.233 e. The highest BCUT2D eigenvalue weighted by molar-refractivity contribution is 7.89. The van der Waals surface area contributed by atoms with E-state index in [0.717, 1.165) is 5.82 Å². The van der Waals surface area contributed by atoms with Crippen molar-refractivity contribution in [3.63, 3.8) is 0 Å². The molecule has 0 saturated carbocycles. The lowest BCUT2D eigenvalue weighted by Gasteiger charge is -2.34. The fourth-order valence-electron chi connectivity index (χ4n) is 2.94. The van der Waals surface area contributed by atoms with E-state index in [2.05, 4.69) is 16.8 Å². The molecule has 1 aromatic carbocycles. The summed E-state index contributed by atoms with van der Waals surface area (Å²) in [5.41, 5.74) is 6.10. The first-order valence-electron chi connectivity index (χ1n) is 8.95. The monoisotopic (exact) mass is 398 g/mol. The Hall–Kier alpha value is -2.89. The lowest BCUT2D eigenvalue weighted by atomic mass is 10.1. The minimum atomic E-state index is -3.65. The Morgan fingerprint density at radius 1 is 1.07 bits per heavy atom. The Balaban J connectivity index is 1.65. The second-order valence-corrected chi connectivity index (χ2v) is 8.46. The molecule has 1 amide bonds. The summed E-state index contributed by atoms with van der Waals surface area (Å²) in [4.78, 5) is 18.1. The number of carbonyl (C=O) groups excluding carboxylic acids is 1. The van der Waals surface area contributed by atoms with Gasteiger partial charge in [-0.25, -0.2) is 13.4 Å². The normalized spacial score (nSPS) is 16.1. The number of nitrogens with two attached hydrogens (primary N) is 1. The number of hydrogen-bond donors (Lipinski definition) is 1. The smallest absolute Gasteiger partial charge is 0.233 e. The Morgan fingerprint density at radius 2 is 1.75 bits per heavy atom. The van der Waals surface area contributed by atoms with Crippen LogP contribution in [0.15, 0.2) is 54.7 Å². The van der Waals surface area contributed by atoms with E-state index in [1.165, 1.54) is 4.31 Å². The Bertz CT molecular complexity index is 961. The van der Waals surface area contributed by atoms with Gasteiger partial charge in [0.2, 0.25) is 15.9 Å². The number of sulfonamides is 1. The molecule has 1 aliphatic heterocycles. The van der Waals surface area contributed by atoms with Crippen LogP contribution in [0.25, 0.3) is 0 Å². The van der Waals surface area contributed by atoms with E-state index in [1.807, 2.05) is 41.3 Å². The highest BCUT2D eigenvalue weighted by atomic mass is 32.2. The fourth-order valence-corrected chi connectivity index (χ4v) is 4.54. The lowest BCUT2D eigenvalue weighted by Crippen LogP contribution is -2.50. The third kappa shape index (κ3) is 5.09. The van der Waals surface area contributed by atoms with Gasteiger partial charge < -0.3 is 10.6 Å². The number of aromatic nitrogens is 1. The SMILES string of the molecule is NC(=O)C(C#Cc1ccccc1)CS(=O)(=O)N1CCN(c2ccccn2)CC1. The van der Waals surface area contributed by atoms with Crippen LogP contribution in [0, 0.1) is 17.8 Å². The first kappa shape index (κ1) is 19.9. The van der Waals surface area contributed by atoms with Gasteiger partial charge in [0.05, 0.1) is 5.75 Å². The average molecular weight is 398 g/mol. The standard InChI is InChI=1S/C20H22N4O3S/c21-20(25)18(10-9-17-6-2-1-3-7-17)16-28(26,27)24-14-12-23(13-15-24)19-8-4-5-11-22-19/h1-8,11,18H,12-16H2,(H2,21,25). The Kier molecular flexibility index (Phi) is 6.29. The molecule has 1 aromatic heterocycles. The number of piperazine rings is 1. The van der Waals surface area contributed by atoms with Crippen LogP contribution in [0.4, 0.5) is 5.82 Å². The number of primary amides is 1. The van der Waals surface area contributed by atoms with Crippen LogP contribution in [0.5, 0.6) is 0 Å². The van der Waals surface area contributed by atoms with Gasteiger partial charge in [-0.15, -0.1) is 0 Å². The van der Waals surface area contributed by atoms with Crippen LogP contribution in [-0.2, 0) is 14.8 Å². The van der Waals surface area contributed by atoms with Crippen molar-refractivity contribution in [3.05, 3.63) is 60.3 Å². The van der Waals surface area contributed by atoms with Gasteiger partial charge in [-0.3, -0.25) is 4.79 Å². The average Bonchev–Trinajstić information content (AvgIpc) is 2.72. The van der Waals surface area contributed by atoms with Crippen LogP contribution in [0.3, 0.4) is 0 Å². The molecule has 146 valence electrons. The molecule has 7 nitrogen and oxygen atoms in total. The quantitative estimate of drug-likeness (QED) is 0.748. The number of anilines is 1. The van der Waals surface area contributed by atoms with Gasteiger partial charge in [-0.2, -0.15) is 4.31 Å². The third-order valence-corrected chi connectivity index (χ3v) is 6.40. The second-order valence-electron chi connectivity index (χ2n) is 6.44. The van der Waals surface area contributed by atoms with Gasteiger partial charge >= 0.3 is 0 Å². The largest absolute Gasteiger partial charge is 0.369 e. The number of hydrogen-bond acceptors (Lipinski definition) is 5. The molecular formula is C20H22N4O3S. The molecule has 0 spiro atoms. The topological polar surface area (TPSA) is 96.6 Å². The summed E-state index contributed by atoms with van der Waals surface area (Å²) in [7, 11) is -3.65. The van der Waals surface area contributed by atoms with Crippen molar-refractivity contribution in [1.82, 2.24) is 9.29 Å². The molecule has 2 heterocycles. The summed E-state index contributed by atoms with van der Waals surface area (Å²) < 4.78 is 26.9. The number of nitrogens with zero attached hydrogens (tertiary/aromatic N) is 3. The van der Waals surface area contributed by atoms with Gasteiger partial charge in [0.25, 0.3) is 0 Å². The van der Waals surface area contributed by atoms with Crippen molar-refractivity contribution in [3.8, 4) is 11.8 Å². The van der Waals surface area contributed by atoms with E-state index in [9.17, 15) is 13.2 Å². The summed E-state index contributed by atoms with van der Waals surface area (Å²) in [6.07, 6.45) is 1.71. The van der Waals surface area contributed by atoms with Gasteiger partial charge in [-0.1, -0.05) is 36.1 Å². The molecule has 1 aliphatic rings. The van der Waals surface area contributed by atoms with Crippen molar-refractivity contribution >= 4 is 21.7 Å². The predicted octanol–water partition coefficient (Wildman–Crippen LogP) is 0.687. The molecule has 1 fully saturated rings. The Labute approximate surface area is 165 Å². The van der Waals surface area contributed by atoms with Crippen LogP contribution in [0.2, 0.25) is 0 Å². The second kappa shape index (κ2) is 8.87. The van der Waals surface area contributed by atoms with E-state index < -0.39 is 27.6 Å². The predicted molar refractivity (Wildman–Crippen MR) is 108 cm³/mol. The van der Waals surface area contributed by atoms with Crippen molar-refractivity contribution < 1.29 is 13.2 Å².